The maximum atomic E-state index is 13.0. The molecule has 1 saturated heterocycles. The Bertz CT molecular complexity index is 872. The van der Waals surface area contributed by atoms with Gasteiger partial charge in [0, 0.05) is 37.0 Å². The standard InChI is InChI=1S/C23H29N3O4/c1-4-5-13-25(18-9-7-6-8-10-18)23(28)24-17-14-22(27)26(16-17)19-11-12-20(29-2)21(15-19)30-3/h6-12,15,17H,4-5,13-14,16H2,1-3H3,(H,24,28)/t17-/m1/s1. The molecular weight excluding hydrogens is 382 g/mol. The molecule has 0 aromatic heterocycles. The number of ether oxygens (including phenoxy) is 2. The highest BCUT2D eigenvalue weighted by Crippen LogP contribution is 2.33. The second kappa shape index (κ2) is 10.0. The van der Waals surface area contributed by atoms with Crippen molar-refractivity contribution in [1.82, 2.24) is 5.32 Å². The van der Waals surface area contributed by atoms with E-state index in [4.69, 9.17) is 9.47 Å². The van der Waals surface area contributed by atoms with Gasteiger partial charge in [0.15, 0.2) is 11.5 Å². The van der Waals surface area contributed by atoms with Gasteiger partial charge in [-0.1, -0.05) is 31.5 Å². The molecule has 7 heteroatoms. The first-order valence-corrected chi connectivity index (χ1v) is 10.2. The minimum atomic E-state index is -0.258. The van der Waals surface area contributed by atoms with E-state index in [0.717, 1.165) is 24.2 Å². The molecule has 0 unspecified atom stereocenters. The van der Waals surface area contributed by atoms with E-state index < -0.39 is 0 Å². The predicted molar refractivity (Wildman–Crippen MR) is 118 cm³/mol. The molecule has 0 saturated carbocycles. The van der Waals surface area contributed by atoms with Gasteiger partial charge in [-0.3, -0.25) is 9.69 Å². The van der Waals surface area contributed by atoms with Crippen LogP contribution in [0.15, 0.2) is 48.5 Å². The second-order valence-corrected chi connectivity index (χ2v) is 7.23. The molecule has 0 radical (unpaired) electrons. The maximum Gasteiger partial charge on any atom is 0.322 e. The number of hydrogen-bond acceptors (Lipinski definition) is 4. The number of urea groups is 1. The van der Waals surface area contributed by atoms with Crippen LogP contribution in [0.5, 0.6) is 11.5 Å². The van der Waals surface area contributed by atoms with Crippen molar-refractivity contribution in [3.63, 3.8) is 0 Å². The third-order valence-corrected chi connectivity index (χ3v) is 5.18. The van der Waals surface area contributed by atoms with Crippen molar-refractivity contribution < 1.29 is 19.1 Å². The number of nitrogens with one attached hydrogen (secondary N) is 1. The number of amides is 3. The fourth-order valence-electron chi connectivity index (χ4n) is 3.57. The number of carbonyl (C=O) groups excluding carboxylic acids is 2. The summed E-state index contributed by atoms with van der Waals surface area (Å²) in [5, 5.41) is 3.04. The van der Waals surface area contributed by atoms with Gasteiger partial charge in [0.2, 0.25) is 5.91 Å². The Balaban J connectivity index is 1.70. The van der Waals surface area contributed by atoms with E-state index in [1.807, 2.05) is 36.4 Å². The summed E-state index contributed by atoms with van der Waals surface area (Å²) in [6, 6.07) is 14.5. The largest absolute Gasteiger partial charge is 0.493 e. The van der Waals surface area contributed by atoms with Gasteiger partial charge in [-0.25, -0.2) is 4.79 Å². The zero-order chi connectivity index (χ0) is 21.5. The number of hydrogen-bond donors (Lipinski definition) is 1. The van der Waals surface area contributed by atoms with Crippen LogP contribution in [0.3, 0.4) is 0 Å². The van der Waals surface area contributed by atoms with Crippen LogP contribution in [0.1, 0.15) is 26.2 Å². The summed E-state index contributed by atoms with van der Waals surface area (Å²) in [7, 11) is 3.13. The van der Waals surface area contributed by atoms with E-state index in [-0.39, 0.29) is 24.4 Å². The maximum absolute atomic E-state index is 13.0. The first-order valence-electron chi connectivity index (χ1n) is 10.2. The first kappa shape index (κ1) is 21.5. The van der Waals surface area contributed by atoms with Crippen molar-refractivity contribution in [3.8, 4) is 11.5 Å². The van der Waals surface area contributed by atoms with Crippen molar-refractivity contribution in [2.24, 2.45) is 0 Å². The molecule has 0 aliphatic carbocycles. The molecule has 0 spiro atoms. The summed E-state index contributed by atoms with van der Waals surface area (Å²) in [6.07, 6.45) is 2.16. The zero-order valence-corrected chi connectivity index (χ0v) is 17.8. The van der Waals surface area contributed by atoms with Crippen molar-refractivity contribution in [2.45, 2.75) is 32.2 Å². The lowest BCUT2D eigenvalue weighted by Gasteiger charge is -2.25. The van der Waals surface area contributed by atoms with E-state index in [1.165, 1.54) is 0 Å². The molecule has 7 nitrogen and oxygen atoms in total. The number of methoxy groups -OCH3 is 2. The van der Waals surface area contributed by atoms with E-state index in [1.54, 1.807) is 36.2 Å². The molecule has 1 heterocycles. The molecule has 30 heavy (non-hydrogen) atoms. The summed E-state index contributed by atoms with van der Waals surface area (Å²) >= 11 is 0. The van der Waals surface area contributed by atoms with Crippen LogP contribution in [-0.2, 0) is 4.79 Å². The number of para-hydroxylation sites is 1. The molecule has 0 bridgehead atoms. The van der Waals surface area contributed by atoms with Crippen molar-refractivity contribution in [3.05, 3.63) is 48.5 Å². The lowest BCUT2D eigenvalue weighted by molar-refractivity contribution is -0.117. The van der Waals surface area contributed by atoms with Gasteiger partial charge >= 0.3 is 6.03 Å². The minimum Gasteiger partial charge on any atom is -0.493 e. The van der Waals surface area contributed by atoms with Gasteiger partial charge in [-0.05, 0) is 30.7 Å². The summed E-state index contributed by atoms with van der Waals surface area (Å²) in [5.74, 6) is 1.13. The number of unbranched alkanes of at least 4 members (excludes halogenated alkanes) is 1. The number of benzene rings is 2. The molecule has 160 valence electrons. The van der Waals surface area contributed by atoms with Gasteiger partial charge in [0.25, 0.3) is 0 Å². The van der Waals surface area contributed by atoms with Gasteiger partial charge in [-0.15, -0.1) is 0 Å². The SMILES string of the molecule is CCCCN(C(=O)N[C@@H]1CC(=O)N(c2ccc(OC)c(OC)c2)C1)c1ccccc1. The number of rotatable bonds is 8. The van der Waals surface area contributed by atoms with Gasteiger partial charge in [0.05, 0.1) is 20.3 Å². The molecule has 1 atom stereocenters. The number of nitrogens with zero attached hydrogens (tertiary/aromatic N) is 2. The molecule has 3 rings (SSSR count). The third kappa shape index (κ3) is 4.84. The molecule has 1 fully saturated rings. The first-order chi connectivity index (χ1) is 14.6. The normalized spacial score (nSPS) is 15.8. The Kier molecular flexibility index (Phi) is 7.17. The van der Waals surface area contributed by atoms with E-state index in [2.05, 4.69) is 12.2 Å². The van der Waals surface area contributed by atoms with Gasteiger partial charge in [-0.2, -0.15) is 0 Å². The van der Waals surface area contributed by atoms with Crippen LogP contribution in [0, 0.1) is 0 Å². The molecule has 1 aliphatic rings. The van der Waals surface area contributed by atoms with Crippen molar-refractivity contribution in [2.75, 3.05) is 37.1 Å². The fraction of sp³-hybridized carbons (Fsp3) is 0.391. The van der Waals surface area contributed by atoms with Crippen LogP contribution in [0.4, 0.5) is 16.2 Å². The molecule has 2 aromatic rings. The Morgan fingerprint density at radius 2 is 1.87 bits per heavy atom. The molecular formula is C23H29N3O4. The molecule has 1 aliphatic heterocycles. The quantitative estimate of drug-likeness (QED) is 0.717. The smallest absolute Gasteiger partial charge is 0.322 e. The molecule has 3 amide bonds. The zero-order valence-electron chi connectivity index (χ0n) is 17.8. The highest BCUT2D eigenvalue weighted by molar-refractivity contribution is 5.98. The fourth-order valence-corrected chi connectivity index (χ4v) is 3.57. The van der Waals surface area contributed by atoms with E-state index >= 15 is 0 Å². The lowest BCUT2D eigenvalue weighted by atomic mass is 10.2. The average Bonchev–Trinajstić information content (AvgIpc) is 3.14. The Morgan fingerprint density at radius 3 is 2.53 bits per heavy atom. The van der Waals surface area contributed by atoms with Crippen LogP contribution >= 0.6 is 0 Å². The highest BCUT2D eigenvalue weighted by Gasteiger charge is 2.33. The topological polar surface area (TPSA) is 71.1 Å². The number of anilines is 2. The Labute approximate surface area is 177 Å². The van der Waals surface area contributed by atoms with Crippen LogP contribution in [0.25, 0.3) is 0 Å². The van der Waals surface area contributed by atoms with E-state index in [0.29, 0.717) is 24.6 Å². The Morgan fingerprint density at radius 1 is 1.13 bits per heavy atom. The second-order valence-electron chi connectivity index (χ2n) is 7.23. The van der Waals surface area contributed by atoms with Gasteiger partial charge < -0.3 is 19.7 Å². The van der Waals surface area contributed by atoms with Crippen molar-refractivity contribution >= 4 is 23.3 Å². The summed E-state index contributed by atoms with van der Waals surface area (Å²) in [5.41, 5.74) is 1.57. The lowest BCUT2D eigenvalue weighted by Crippen LogP contribution is -2.46. The minimum absolute atomic E-state index is 0.0349. The summed E-state index contributed by atoms with van der Waals surface area (Å²) in [6.45, 7) is 3.14. The third-order valence-electron chi connectivity index (χ3n) is 5.18. The number of carbonyl (C=O) groups is 2. The van der Waals surface area contributed by atoms with Crippen LogP contribution in [0.2, 0.25) is 0 Å². The summed E-state index contributed by atoms with van der Waals surface area (Å²) in [4.78, 5) is 29.0. The van der Waals surface area contributed by atoms with Crippen molar-refractivity contribution in [1.29, 1.82) is 0 Å². The van der Waals surface area contributed by atoms with Crippen LogP contribution in [-0.4, -0.2) is 45.3 Å². The van der Waals surface area contributed by atoms with Crippen LogP contribution < -0.4 is 24.6 Å². The summed E-state index contributed by atoms with van der Waals surface area (Å²) < 4.78 is 10.6. The average molecular weight is 412 g/mol. The van der Waals surface area contributed by atoms with E-state index in [9.17, 15) is 9.59 Å². The molecule has 2 aromatic carbocycles. The monoisotopic (exact) mass is 411 g/mol. The van der Waals surface area contributed by atoms with Gasteiger partial charge in [0.1, 0.15) is 0 Å². The Hall–Kier alpha value is -3.22. The molecule has 1 N–H and O–H groups in total. The highest BCUT2D eigenvalue weighted by atomic mass is 16.5. The predicted octanol–water partition coefficient (Wildman–Crippen LogP) is 3.83.